The molecule has 28 heavy (non-hydrogen) atoms. The molecule has 0 bridgehead atoms. The molecule has 0 unspecified atom stereocenters. The zero-order valence-electron chi connectivity index (χ0n) is 16.5. The van der Waals surface area contributed by atoms with Crippen LogP contribution in [0, 0.1) is 0 Å². The van der Waals surface area contributed by atoms with Crippen molar-refractivity contribution in [3.8, 4) is 0 Å². The molecule has 148 valence electrons. The van der Waals surface area contributed by atoms with Gasteiger partial charge in [0.1, 0.15) is 0 Å². The maximum Gasteiger partial charge on any atom is 0.236 e. The van der Waals surface area contributed by atoms with Crippen molar-refractivity contribution >= 4 is 11.8 Å². The maximum absolute atomic E-state index is 12.8. The zero-order chi connectivity index (χ0) is 19.8. The van der Waals surface area contributed by atoms with Crippen LogP contribution in [-0.2, 0) is 16.0 Å². The normalized spacial score (nSPS) is 16.5. The minimum absolute atomic E-state index is 0.0393. The second-order valence-corrected chi connectivity index (χ2v) is 7.26. The summed E-state index contributed by atoms with van der Waals surface area (Å²) in [7, 11) is 0. The summed E-state index contributed by atoms with van der Waals surface area (Å²) in [6, 6.07) is 20.1. The maximum atomic E-state index is 12.8. The summed E-state index contributed by atoms with van der Waals surface area (Å²) < 4.78 is 0. The highest BCUT2D eigenvalue weighted by molar-refractivity contribution is 5.81. The lowest BCUT2D eigenvalue weighted by Gasteiger charge is -2.23. The summed E-state index contributed by atoms with van der Waals surface area (Å²) in [6.07, 6.45) is 1.64. The Morgan fingerprint density at radius 3 is 2.39 bits per heavy atom. The van der Waals surface area contributed by atoms with Gasteiger partial charge in [-0.15, -0.1) is 0 Å². The number of hydrogen-bond donors (Lipinski definition) is 1. The monoisotopic (exact) mass is 379 g/mol. The van der Waals surface area contributed by atoms with Crippen molar-refractivity contribution in [2.75, 3.05) is 32.7 Å². The van der Waals surface area contributed by atoms with Crippen LogP contribution in [0.15, 0.2) is 60.7 Å². The third kappa shape index (κ3) is 5.67. The molecule has 1 N–H and O–H groups in total. The molecule has 0 spiro atoms. The standard InChI is InChI=1S/C23H29N3O2/c1-2-26-15-9-14-25(18-23(26)28)17-22(27)24-21(20-12-7-4-8-13-20)16-19-10-5-3-6-11-19/h3-8,10-13,21H,2,9,14-18H2,1H3,(H,24,27)/t21-/m1/s1. The quantitative estimate of drug-likeness (QED) is 0.805. The van der Waals surface area contributed by atoms with Crippen molar-refractivity contribution in [3.63, 3.8) is 0 Å². The number of nitrogens with zero attached hydrogens (tertiary/aromatic N) is 2. The number of nitrogens with one attached hydrogen (secondary N) is 1. The predicted molar refractivity (Wildman–Crippen MR) is 111 cm³/mol. The van der Waals surface area contributed by atoms with Gasteiger partial charge in [-0.3, -0.25) is 14.5 Å². The lowest BCUT2D eigenvalue weighted by molar-refractivity contribution is -0.131. The molecule has 0 radical (unpaired) electrons. The van der Waals surface area contributed by atoms with Crippen LogP contribution in [0.4, 0.5) is 0 Å². The molecule has 5 nitrogen and oxygen atoms in total. The lowest BCUT2D eigenvalue weighted by Crippen LogP contribution is -2.42. The Morgan fingerprint density at radius 1 is 1.04 bits per heavy atom. The summed E-state index contributed by atoms with van der Waals surface area (Å²) in [6.45, 7) is 4.83. The third-order valence-corrected chi connectivity index (χ3v) is 5.18. The first-order valence-corrected chi connectivity index (χ1v) is 10.0. The highest BCUT2D eigenvalue weighted by Gasteiger charge is 2.23. The van der Waals surface area contributed by atoms with Crippen LogP contribution in [0.3, 0.4) is 0 Å². The SMILES string of the molecule is CCN1CCCN(CC(=O)N[C@H](Cc2ccccc2)c2ccccc2)CC1=O. The lowest BCUT2D eigenvalue weighted by atomic mass is 9.99. The van der Waals surface area contributed by atoms with E-state index in [0.717, 1.165) is 38.0 Å². The molecule has 1 aliphatic heterocycles. The molecule has 1 aliphatic rings. The molecular weight excluding hydrogens is 350 g/mol. The van der Waals surface area contributed by atoms with Gasteiger partial charge in [0.25, 0.3) is 0 Å². The number of hydrogen-bond acceptors (Lipinski definition) is 3. The fourth-order valence-corrected chi connectivity index (χ4v) is 3.68. The van der Waals surface area contributed by atoms with Crippen LogP contribution >= 0.6 is 0 Å². The molecule has 0 aliphatic carbocycles. The molecule has 2 aromatic rings. The van der Waals surface area contributed by atoms with Crippen LogP contribution in [0.25, 0.3) is 0 Å². The minimum atomic E-state index is -0.0917. The van der Waals surface area contributed by atoms with Crippen molar-refractivity contribution in [3.05, 3.63) is 71.8 Å². The minimum Gasteiger partial charge on any atom is -0.348 e. The van der Waals surface area contributed by atoms with Gasteiger partial charge in [0.15, 0.2) is 0 Å². The highest BCUT2D eigenvalue weighted by Crippen LogP contribution is 2.18. The van der Waals surface area contributed by atoms with Gasteiger partial charge in [0.2, 0.25) is 11.8 Å². The zero-order valence-corrected chi connectivity index (χ0v) is 16.5. The number of likely N-dealkylation sites (N-methyl/N-ethyl adjacent to an activating group) is 1. The average Bonchev–Trinajstić information content (AvgIpc) is 2.89. The Hall–Kier alpha value is -2.66. The summed E-state index contributed by atoms with van der Waals surface area (Å²) in [5.41, 5.74) is 2.27. The number of benzene rings is 2. The third-order valence-electron chi connectivity index (χ3n) is 5.18. The first kappa shape index (κ1) is 20.1. The summed E-state index contributed by atoms with van der Waals surface area (Å²) in [5, 5.41) is 3.18. The molecule has 3 rings (SSSR count). The van der Waals surface area contributed by atoms with Gasteiger partial charge in [-0.2, -0.15) is 0 Å². The molecule has 0 aromatic heterocycles. The van der Waals surface area contributed by atoms with E-state index in [0.29, 0.717) is 6.54 Å². The van der Waals surface area contributed by atoms with Crippen molar-refractivity contribution in [2.24, 2.45) is 0 Å². The summed E-state index contributed by atoms with van der Waals surface area (Å²) in [4.78, 5) is 28.9. The van der Waals surface area contributed by atoms with E-state index in [2.05, 4.69) is 17.4 Å². The van der Waals surface area contributed by atoms with E-state index in [9.17, 15) is 9.59 Å². The topological polar surface area (TPSA) is 52.6 Å². The molecule has 2 aromatic carbocycles. The van der Waals surface area contributed by atoms with E-state index in [1.165, 1.54) is 5.56 Å². The Kier molecular flexibility index (Phi) is 7.20. The largest absolute Gasteiger partial charge is 0.348 e. The summed E-state index contributed by atoms with van der Waals surface area (Å²) in [5.74, 6) is 0.0687. The van der Waals surface area contributed by atoms with E-state index in [1.54, 1.807) is 0 Å². The molecular formula is C23H29N3O2. The van der Waals surface area contributed by atoms with Gasteiger partial charge in [-0.25, -0.2) is 0 Å². The number of carbonyl (C=O) groups excluding carboxylic acids is 2. The number of amides is 2. The first-order valence-electron chi connectivity index (χ1n) is 10.0. The first-order chi connectivity index (χ1) is 13.7. The molecule has 1 fully saturated rings. The molecule has 1 saturated heterocycles. The van der Waals surface area contributed by atoms with Crippen LogP contribution in [0.5, 0.6) is 0 Å². The van der Waals surface area contributed by atoms with Gasteiger partial charge in [-0.05, 0) is 30.9 Å². The van der Waals surface area contributed by atoms with Crippen molar-refractivity contribution in [2.45, 2.75) is 25.8 Å². The fourth-order valence-electron chi connectivity index (χ4n) is 3.68. The van der Waals surface area contributed by atoms with E-state index in [4.69, 9.17) is 0 Å². The van der Waals surface area contributed by atoms with E-state index >= 15 is 0 Å². The Morgan fingerprint density at radius 2 is 1.71 bits per heavy atom. The van der Waals surface area contributed by atoms with E-state index < -0.39 is 0 Å². The van der Waals surface area contributed by atoms with Gasteiger partial charge in [-0.1, -0.05) is 60.7 Å². The smallest absolute Gasteiger partial charge is 0.236 e. The van der Waals surface area contributed by atoms with Gasteiger partial charge in [0.05, 0.1) is 19.1 Å². The van der Waals surface area contributed by atoms with Gasteiger partial charge >= 0.3 is 0 Å². The predicted octanol–water partition coefficient (Wildman–Crippen LogP) is 2.64. The fraction of sp³-hybridized carbons (Fsp3) is 0.391. The van der Waals surface area contributed by atoms with Crippen molar-refractivity contribution in [1.82, 2.24) is 15.1 Å². The molecule has 1 heterocycles. The molecule has 1 atom stereocenters. The van der Waals surface area contributed by atoms with Gasteiger partial charge < -0.3 is 10.2 Å². The average molecular weight is 380 g/mol. The Balaban J connectivity index is 1.65. The molecule has 5 heteroatoms. The highest BCUT2D eigenvalue weighted by atomic mass is 16.2. The Labute approximate surface area is 167 Å². The van der Waals surface area contributed by atoms with Crippen LogP contribution in [-0.4, -0.2) is 54.3 Å². The van der Waals surface area contributed by atoms with Crippen LogP contribution in [0.1, 0.15) is 30.5 Å². The Bertz CT molecular complexity index is 764. The van der Waals surface area contributed by atoms with Gasteiger partial charge in [0, 0.05) is 19.6 Å². The second kappa shape index (κ2) is 10.0. The van der Waals surface area contributed by atoms with E-state index in [1.807, 2.05) is 65.3 Å². The summed E-state index contributed by atoms with van der Waals surface area (Å²) >= 11 is 0. The number of carbonyl (C=O) groups is 2. The van der Waals surface area contributed by atoms with E-state index in [-0.39, 0.29) is 24.4 Å². The molecule has 0 saturated carbocycles. The second-order valence-electron chi connectivity index (χ2n) is 7.26. The van der Waals surface area contributed by atoms with Crippen molar-refractivity contribution < 1.29 is 9.59 Å². The van der Waals surface area contributed by atoms with Crippen LogP contribution < -0.4 is 5.32 Å². The van der Waals surface area contributed by atoms with Crippen molar-refractivity contribution in [1.29, 1.82) is 0 Å². The molecule has 2 amide bonds. The van der Waals surface area contributed by atoms with Crippen LogP contribution in [0.2, 0.25) is 0 Å². The number of rotatable bonds is 7.